The van der Waals surface area contributed by atoms with Crippen molar-refractivity contribution in [2.45, 2.75) is 19.8 Å². The Bertz CT molecular complexity index is 163. The Labute approximate surface area is 61.1 Å². The molecule has 1 aliphatic rings. The fraction of sp³-hybridized carbons (Fsp3) is 0.625. The zero-order valence-corrected chi connectivity index (χ0v) is 6.21. The molecule has 56 valence electrons. The van der Waals surface area contributed by atoms with E-state index in [-0.39, 0.29) is 11.8 Å². The largest absolute Gasteiger partial charge is 0.369 e. The minimum absolute atomic E-state index is 0.0833. The molecule has 0 unspecified atom stereocenters. The van der Waals surface area contributed by atoms with Crippen LogP contribution in [0.5, 0.6) is 0 Å². The summed E-state index contributed by atoms with van der Waals surface area (Å²) in [7, 11) is 0. The topological polar surface area (TPSA) is 43.1 Å². The summed E-state index contributed by atoms with van der Waals surface area (Å²) < 4.78 is 0. The Morgan fingerprint density at radius 2 is 2.40 bits per heavy atom. The van der Waals surface area contributed by atoms with Gasteiger partial charge in [0.1, 0.15) is 0 Å². The predicted molar refractivity (Wildman–Crippen MR) is 40.2 cm³/mol. The molecular formula is C8H13NO. The first-order chi connectivity index (χ1) is 4.70. The van der Waals surface area contributed by atoms with Gasteiger partial charge in [-0.3, -0.25) is 4.79 Å². The first-order valence-electron chi connectivity index (χ1n) is 3.66. The van der Waals surface area contributed by atoms with E-state index in [2.05, 4.69) is 13.0 Å². The first-order valence-corrected chi connectivity index (χ1v) is 3.66. The van der Waals surface area contributed by atoms with E-state index >= 15 is 0 Å². The van der Waals surface area contributed by atoms with Crippen molar-refractivity contribution in [2.24, 2.45) is 17.6 Å². The van der Waals surface area contributed by atoms with Crippen LogP contribution in [0.3, 0.4) is 0 Å². The Morgan fingerprint density at radius 1 is 1.70 bits per heavy atom. The summed E-state index contributed by atoms with van der Waals surface area (Å²) in [5.41, 5.74) is 5.16. The summed E-state index contributed by atoms with van der Waals surface area (Å²) in [6.45, 7) is 2.10. The van der Waals surface area contributed by atoms with Gasteiger partial charge in [0.2, 0.25) is 5.91 Å². The number of hydrogen-bond donors (Lipinski definition) is 1. The normalized spacial score (nSPS) is 32.1. The zero-order valence-electron chi connectivity index (χ0n) is 6.21. The standard InChI is InChI=1S/C8H13NO/c1-6-3-2-4-7(5-6)8(9)10/h2-3,6-7H,4-5H2,1H3,(H2,9,10)/t6-,7+/m1/s1. The number of carbonyl (C=O) groups is 1. The molecule has 0 aliphatic heterocycles. The highest BCUT2D eigenvalue weighted by atomic mass is 16.1. The van der Waals surface area contributed by atoms with Crippen LogP contribution >= 0.6 is 0 Å². The van der Waals surface area contributed by atoms with Gasteiger partial charge in [0.05, 0.1) is 0 Å². The highest BCUT2D eigenvalue weighted by Gasteiger charge is 2.18. The van der Waals surface area contributed by atoms with E-state index in [1.165, 1.54) is 0 Å². The second-order valence-electron chi connectivity index (χ2n) is 2.98. The smallest absolute Gasteiger partial charge is 0.220 e. The van der Waals surface area contributed by atoms with Crippen molar-refractivity contribution in [1.29, 1.82) is 0 Å². The van der Waals surface area contributed by atoms with E-state index in [4.69, 9.17) is 5.73 Å². The lowest BCUT2D eigenvalue weighted by Crippen LogP contribution is -2.25. The van der Waals surface area contributed by atoms with Gasteiger partial charge in [0.25, 0.3) is 0 Å². The molecule has 0 saturated heterocycles. The fourth-order valence-corrected chi connectivity index (χ4v) is 1.33. The van der Waals surface area contributed by atoms with Crippen molar-refractivity contribution in [3.8, 4) is 0 Å². The maximum Gasteiger partial charge on any atom is 0.220 e. The molecule has 10 heavy (non-hydrogen) atoms. The van der Waals surface area contributed by atoms with E-state index in [9.17, 15) is 4.79 Å². The van der Waals surface area contributed by atoms with Crippen LogP contribution in [0, 0.1) is 11.8 Å². The second kappa shape index (κ2) is 2.86. The first kappa shape index (κ1) is 7.32. The van der Waals surface area contributed by atoms with Crippen LogP contribution in [-0.4, -0.2) is 5.91 Å². The third-order valence-corrected chi connectivity index (χ3v) is 1.94. The van der Waals surface area contributed by atoms with E-state index in [1.54, 1.807) is 0 Å². The van der Waals surface area contributed by atoms with Gasteiger partial charge in [-0.05, 0) is 18.8 Å². The third kappa shape index (κ3) is 1.59. The van der Waals surface area contributed by atoms with Crippen molar-refractivity contribution < 1.29 is 4.79 Å². The molecule has 2 nitrogen and oxygen atoms in total. The number of amides is 1. The molecule has 2 heteroatoms. The van der Waals surface area contributed by atoms with Crippen LogP contribution in [0.1, 0.15) is 19.8 Å². The fourth-order valence-electron chi connectivity index (χ4n) is 1.33. The monoisotopic (exact) mass is 139 g/mol. The van der Waals surface area contributed by atoms with E-state index in [0.717, 1.165) is 12.8 Å². The van der Waals surface area contributed by atoms with Crippen LogP contribution < -0.4 is 5.73 Å². The quantitative estimate of drug-likeness (QED) is 0.542. The number of carbonyl (C=O) groups excluding carboxylic acids is 1. The molecule has 2 N–H and O–H groups in total. The number of nitrogens with two attached hydrogens (primary N) is 1. The minimum Gasteiger partial charge on any atom is -0.369 e. The van der Waals surface area contributed by atoms with Crippen LogP contribution in [0.25, 0.3) is 0 Å². The molecule has 2 atom stereocenters. The number of rotatable bonds is 1. The summed E-state index contributed by atoms with van der Waals surface area (Å²) in [6.07, 6.45) is 5.94. The molecule has 0 aromatic carbocycles. The maximum absolute atomic E-state index is 10.7. The lowest BCUT2D eigenvalue weighted by Gasteiger charge is -2.18. The Balaban J connectivity index is 2.52. The predicted octanol–water partition coefficient (Wildman–Crippen LogP) is 1.07. The maximum atomic E-state index is 10.7. The minimum atomic E-state index is -0.156. The molecule has 1 amide bonds. The molecule has 0 aromatic heterocycles. The van der Waals surface area contributed by atoms with Crippen molar-refractivity contribution >= 4 is 5.91 Å². The second-order valence-corrected chi connectivity index (χ2v) is 2.98. The van der Waals surface area contributed by atoms with Crippen LogP contribution in [-0.2, 0) is 4.79 Å². The van der Waals surface area contributed by atoms with Crippen molar-refractivity contribution in [2.75, 3.05) is 0 Å². The van der Waals surface area contributed by atoms with Crippen molar-refractivity contribution in [1.82, 2.24) is 0 Å². The summed E-state index contributed by atoms with van der Waals surface area (Å²) in [6, 6.07) is 0. The lowest BCUT2D eigenvalue weighted by molar-refractivity contribution is -0.122. The number of hydrogen-bond acceptors (Lipinski definition) is 1. The molecule has 0 saturated carbocycles. The average molecular weight is 139 g/mol. The van der Waals surface area contributed by atoms with Gasteiger partial charge in [0, 0.05) is 5.92 Å². The van der Waals surface area contributed by atoms with Gasteiger partial charge in [-0.25, -0.2) is 0 Å². The molecule has 0 spiro atoms. The van der Waals surface area contributed by atoms with Gasteiger partial charge in [-0.2, -0.15) is 0 Å². The van der Waals surface area contributed by atoms with E-state index in [0.29, 0.717) is 5.92 Å². The van der Waals surface area contributed by atoms with Gasteiger partial charge < -0.3 is 5.73 Å². The van der Waals surface area contributed by atoms with Gasteiger partial charge in [-0.1, -0.05) is 19.1 Å². The van der Waals surface area contributed by atoms with Crippen LogP contribution in [0.4, 0.5) is 0 Å². The highest BCUT2D eigenvalue weighted by Crippen LogP contribution is 2.22. The Morgan fingerprint density at radius 3 is 2.80 bits per heavy atom. The van der Waals surface area contributed by atoms with E-state index < -0.39 is 0 Å². The van der Waals surface area contributed by atoms with Gasteiger partial charge >= 0.3 is 0 Å². The van der Waals surface area contributed by atoms with Crippen LogP contribution in [0.15, 0.2) is 12.2 Å². The molecule has 1 rings (SSSR count). The molecule has 0 aromatic rings. The zero-order chi connectivity index (χ0) is 7.56. The van der Waals surface area contributed by atoms with Crippen LogP contribution in [0.2, 0.25) is 0 Å². The molecule has 1 aliphatic carbocycles. The van der Waals surface area contributed by atoms with Gasteiger partial charge in [0.15, 0.2) is 0 Å². The van der Waals surface area contributed by atoms with E-state index in [1.807, 2.05) is 6.08 Å². The molecule has 0 fully saturated rings. The number of allylic oxidation sites excluding steroid dienone is 2. The van der Waals surface area contributed by atoms with Crippen molar-refractivity contribution in [3.05, 3.63) is 12.2 Å². The average Bonchev–Trinajstić information content (AvgIpc) is 1.88. The van der Waals surface area contributed by atoms with Gasteiger partial charge in [-0.15, -0.1) is 0 Å². The Hall–Kier alpha value is -0.790. The molecule has 0 radical (unpaired) electrons. The lowest BCUT2D eigenvalue weighted by atomic mass is 9.87. The highest BCUT2D eigenvalue weighted by molar-refractivity contribution is 5.77. The summed E-state index contributed by atoms with van der Waals surface area (Å²) in [4.78, 5) is 10.7. The Kier molecular flexibility index (Phi) is 2.10. The molecular weight excluding hydrogens is 126 g/mol. The number of primary amides is 1. The summed E-state index contributed by atoms with van der Waals surface area (Å²) >= 11 is 0. The summed E-state index contributed by atoms with van der Waals surface area (Å²) in [5.74, 6) is 0.447. The molecule has 0 heterocycles. The molecule has 0 bridgehead atoms. The third-order valence-electron chi connectivity index (χ3n) is 1.94. The van der Waals surface area contributed by atoms with Crippen molar-refractivity contribution in [3.63, 3.8) is 0 Å². The summed E-state index contributed by atoms with van der Waals surface area (Å²) in [5, 5.41) is 0. The SMILES string of the molecule is C[C@@H]1C=CC[C@H](C(N)=O)C1.